The smallest absolute Gasteiger partial charge is 0.240 e. The molecule has 2 aromatic rings. The Kier molecular flexibility index (Phi) is 5.85. The molecule has 0 saturated heterocycles. The number of nitrogens with one attached hydrogen (secondary N) is 2. The fourth-order valence-corrected chi connectivity index (χ4v) is 4.75. The lowest BCUT2D eigenvalue weighted by molar-refractivity contribution is 0.0572. The Morgan fingerprint density at radius 1 is 1.13 bits per heavy atom. The van der Waals surface area contributed by atoms with Gasteiger partial charge in [-0.3, -0.25) is 0 Å². The second-order valence-electron chi connectivity index (χ2n) is 7.58. The number of aliphatic hydroxyl groups is 1. The van der Waals surface area contributed by atoms with Crippen molar-refractivity contribution >= 4 is 21.7 Å². The summed E-state index contributed by atoms with van der Waals surface area (Å²) in [6.07, 6.45) is 5.39. The van der Waals surface area contributed by atoms with Crippen LogP contribution >= 0.6 is 0 Å². The van der Waals surface area contributed by atoms with Crippen LogP contribution in [0.4, 0.5) is 11.6 Å². The Morgan fingerprint density at radius 2 is 1.87 bits per heavy atom. The van der Waals surface area contributed by atoms with Gasteiger partial charge in [0.25, 0.3) is 0 Å². The van der Waals surface area contributed by atoms with Crippen molar-refractivity contribution in [2.75, 3.05) is 5.32 Å². The Morgan fingerprint density at radius 3 is 2.47 bits per heavy atom. The molecule has 0 spiro atoms. The van der Waals surface area contributed by atoms with Crippen LogP contribution in [0.5, 0.6) is 5.88 Å². The number of ether oxygens (including phenoxy) is 1. The van der Waals surface area contributed by atoms with E-state index in [0.717, 1.165) is 25.7 Å². The average Bonchev–Trinajstić information content (AvgIpc) is 3.10. The average molecular weight is 430 g/mol. The first-order chi connectivity index (χ1) is 14.4. The Bertz CT molecular complexity index is 1050. The number of sulfonamides is 1. The van der Waals surface area contributed by atoms with Crippen LogP contribution in [-0.4, -0.2) is 41.7 Å². The summed E-state index contributed by atoms with van der Waals surface area (Å²) in [4.78, 5) is 8.56. The zero-order valence-electron chi connectivity index (χ0n) is 16.3. The Balaban J connectivity index is 1.47. The number of hydrogen-bond acceptors (Lipinski definition) is 8. The molecular weight excluding hydrogens is 406 g/mol. The van der Waals surface area contributed by atoms with Crippen LogP contribution in [0.3, 0.4) is 0 Å². The minimum absolute atomic E-state index is 0.0247. The van der Waals surface area contributed by atoms with Gasteiger partial charge >= 0.3 is 0 Å². The predicted octanol–water partition coefficient (Wildman–Crippen LogP) is 2.21. The first-order valence-corrected chi connectivity index (χ1v) is 11.4. The van der Waals surface area contributed by atoms with E-state index >= 15 is 0 Å². The maximum atomic E-state index is 12.4. The van der Waals surface area contributed by atoms with Gasteiger partial charge < -0.3 is 15.2 Å². The molecule has 4 rings (SSSR count). The first-order valence-electron chi connectivity index (χ1n) is 9.96. The number of aliphatic hydroxyl groups excluding tert-OH is 1. The highest BCUT2D eigenvalue weighted by Gasteiger charge is 2.28. The van der Waals surface area contributed by atoms with E-state index in [0.29, 0.717) is 18.5 Å². The van der Waals surface area contributed by atoms with Gasteiger partial charge in [-0.1, -0.05) is 6.42 Å². The van der Waals surface area contributed by atoms with Crippen LogP contribution in [0, 0.1) is 11.3 Å². The SMILES string of the molecule is N#Cc1cnc(Nc2ccc(S(=O)(=O)NC3CCC3)cc2)nc1OC1CCC[C@H]1O. The zero-order valence-corrected chi connectivity index (χ0v) is 17.1. The monoisotopic (exact) mass is 429 g/mol. The third-order valence-corrected chi connectivity index (χ3v) is 6.94. The van der Waals surface area contributed by atoms with E-state index in [-0.39, 0.29) is 28.3 Å². The minimum atomic E-state index is -3.53. The number of benzene rings is 1. The van der Waals surface area contributed by atoms with Crippen LogP contribution in [0.1, 0.15) is 44.1 Å². The Labute approximate surface area is 175 Å². The maximum absolute atomic E-state index is 12.4. The van der Waals surface area contributed by atoms with Gasteiger partial charge in [-0.25, -0.2) is 18.1 Å². The van der Waals surface area contributed by atoms with Crippen molar-refractivity contribution in [2.45, 2.75) is 61.7 Å². The third-order valence-electron chi connectivity index (χ3n) is 5.40. The van der Waals surface area contributed by atoms with E-state index in [4.69, 9.17) is 4.74 Å². The number of anilines is 2. The van der Waals surface area contributed by atoms with Gasteiger partial charge in [0.1, 0.15) is 17.7 Å². The molecule has 10 heteroatoms. The fourth-order valence-electron chi connectivity index (χ4n) is 3.44. The molecule has 1 heterocycles. The minimum Gasteiger partial charge on any atom is -0.471 e. The molecule has 2 aliphatic rings. The molecule has 2 saturated carbocycles. The highest BCUT2D eigenvalue weighted by molar-refractivity contribution is 7.89. The molecule has 2 aliphatic carbocycles. The first kappa shape index (κ1) is 20.5. The van der Waals surface area contributed by atoms with Gasteiger partial charge in [0, 0.05) is 11.7 Å². The molecule has 0 radical (unpaired) electrons. The molecule has 0 bridgehead atoms. The second-order valence-corrected chi connectivity index (χ2v) is 9.29. The van der Waals surface area contributed by atoms with Crippen molar-refractivity contribution in [3.8, 4) is 11.9 Å². The van der Waals surface area contributed by atoms with Crippen molar-refractivity contribution < 1.29 is 18.3 Å². The highest BCUT2D eigenvalue weighted by Crippen LogP contribution is 2.27. The topological polar surface area (TPSA) is 137 Å². The number of aromatic nitrogens is 2. The lowest BCUT2D eigenvalue weighted by Gasteiger charge is -2.26. The van der Waals surface area contributed by atoms with Crippen LogP contribution < -0.4 is 14.8 Å². The highest BCUT2D eigenvalue weighted by atomic mass is 32.2. The Hall–Kier alpha value is -2.74. The molecule has 2 fully saturated rings. The number of nitrogens with zero attached hydrogens (tertiary/aromatic N) is 3. The summed E-state index contributed by atoms with van der Waals surface area (Å²) in [6.45, 7) is 0. The van der Waals surface area contributed by atoms with Crippen LogP contribution in [0.2, 0.25) is 0 Å². The zero-order chi connectivity index (χ0) is 21.1. The molecule has 0 amide bonds. The van der Waals surface area contributed by atoms with Crippen LogP contribution in [0.15, 0.2) is 35.4 Å². The van der Waals surface area contributed by atoms with E-state index < -0.39 is 22.2 Å². The van der Waals surface area contributed by atoms with Crippen molar-refractivity contribution in [2.24, 2.45) is 0 Å². The van der Waals surface area contributed by atoms with E-state index in [1.807, 2.05) is 6.07 Å². The quantitative estimate of drug-likeness (QED) is 0.609. The predicted molar refractivity (Wildman–Crippen MR) is 109 cm³/mol. The lowest BCUT2D eigenvalue weighted by atomic mass is 9.94. The summed E-state index contributed by atoms with van der Waals surface area (Å²) in [6, 6.07) is 8.29. The summed E-state index contributed by atoms with van der Waals surface area (Å²) in [5.41, 5.74) is 0.775. The molecular formula is C20H23N5O4S. The largest absolute Gasteiger partial charge is 0.471 e. The third kappa shape index (κ3) is 4.53. The van der Waals surface area contributed by atoms with E-state index in [1.54, 1.807) is 12.1 Å². The molecule has 1 unspecified atom stereocenters. The standard InChI is InChI=1S/C20H23N5O4S/c21-11-13-12-22-20(24-19(13)29-18-6-2-5-17(18)26)23-14-7-9-16(10-8-14)30(27,28)25-15-3-1-4-15/h7-10,12,15,17-18,25-26H,1-6H2,(H,22,23,24)/t17-,18?/m1/s1. The van der Waals surface area contributed by atoms with Crippen LogP contribution in [-0.2, 0) is 10.0 Å². The molecule has 158 valence electrons. The molecule has 30 heavy (non-hydrogen) atoms. The number of nitriles is 1. The van der Waals surface area contributed by atoms with Crippen molar-refractivity contribution in [1.29, 1.82) is 5.26 Å². The van der Waals surface area contributed by atoms with E-state index in [1.165, 1.54) is 18.3 Å². The number of rotatable bonds is 7. The molecule has 1 aromatic heterocycles. The maximum Gasteiger partial charge on any atom is 0.240 e. The van der Waals surface area contributed by atoms with Crippen molar-refractivity contribution in [1.82, 2.24) is 14.7 Å². The van der Waals surface area contributed by atoms with Crippen LogP contribution in [0.25, 0.3) is 0 Å². The van der Waals surface area contributed by atoms with Gasteiger partial charge in [-0.05, 0) is 56.4 Å². The second kappa shape index (κ2) is 8.55. The molecule has 3 N–H and O–H groups in total. The summed E-state index contributed by atoms with van der Waals surface area (Å²) >= 11 is 0. The van der Waals surface area contributed by atoms with Gasteiger partial charge in [0.2, 0.25) is 21.9 Å². The van der Waals surface area contributed by atoms with Gasteiger partial charge in [0.05, 0.1) is 17.2 Å². The number of hydrogen-bond donors (Lipinski definition) is 3. The molecule has 1 aromatic carbocycles. The molecule has 9 nitrogen and oxygen atoms in total. The van der Waals surface area contributed by atoms with Gasteiger partial charge in [-0.15, -0.1) is 0 Å². The van der Waals surface area contributed by atoms with E-state index in [9.17, 15) is 18.8 Å². The van der Waals surface area contributed by atoms with E-state index in [2.05, 4.69) is 20.0 Å². The lowest BCUT2D eigenvalue weighted by Crippen LogP contribution is -2.39. The van der Waals surface area contributed by atoms with Gasteiger partial charge in [-0.2, -0.15) is 10.2 Å². The summed E-state index contributed by atoms with van der Waals surface area (Å²) in [7, 11) is -3.53. The summed E-state index contributed by atoms with van der Waals surface area (Å²) in [5.74, 6) is 0.324. The molecule has 0 aliphatic heterocycles. The molecule has 2 atom stereocenters. The van der Waals surface area contributed by atoms with Crippen molar-refractivity contribution in [3.05, 3.63) is 36.0 Å². The summed E-state index contributed by atoms with van der Waals surface area (Å²) in [5, 5.41) is 22.2. The normalized spacial score (nSPS) is 21.6. The summed E-state index contributed by atoms with van der Waals surface area (Å²) < 4.78 is 33.2. The van der Waals surface area contributed by atoms with Crippen molar-refractivity contribution in [3.63, 3.8) is 0 Å². The fraction of sp³-hybridized carbons (Fsp3) is 0.450. The van der Waals surface area contributed by atoms with Gasteiger partial charge in [0.15, 0.2) is 0 Å².